The molecule has 0 saturated heterocycles. The van der Waals surface area contributed by atoms with E-state index in [1.807, 2.05) is 35.7 Å². The van der Waals surface area contributed by atoms with E-state index in [4.69, 9.17) is 4.74 Å². The lowest BCUT2D eigenvalue weighted by atomic mass is 10.1. The summed E-state index contributed by atoms with van der Waals surface area (Å²) in [7, 11) is 1.50. The molecule has 1 N–H and O–H groups in total. The van der Waals surface area contributed by atoms with Crippen molar-refractivity contribution in [3.8, 4) is 22.8 Å². The van der Waals surface area contributed by atoms with Gasteiger partial charge in [0.15, 0.2) is 11.5 Å². The van der Waals surface area contributed by atoms with Gasteiger partial charge in [0.1, 0.15) is 4.91 Å². The summed E-state index contributed by atoms with van der Waals surface area (Å²) in [6, 6.07) is 15.1. The highest BCUT2D eigenvalue weighted by Gasteiger charge is 2.40. The Labute approximate surface area is 165 Å². The molecule has 1 aromatic heterocycles. The van der Waals surface area contributed by atoms with E-state index >= 15 is 0 Å². The third-order valence-corrected chi connectivity index (χ3v) is 6.05. The number of ether oxygens (including phenoxy) is 1. The number of hydrogen-bond donors (Lipinski definition) is 1. The molecule has 2 heterocycles. The van der Waals surface area contributed by atoms with Gasteiger partial charge in [0.05, 0.1) is 12.5 Å². The van der Waals surface area contributed by atoms with Gasteiger partial charge >= 0.3 is 10.2 Å². The van der Waals surface area contributed by atoms with E-state index in [1.165, 1.54) is 18.9 Å². The molecule has 4 nitrogen and oxygen atoms in total. The maximum atomic E-state index is 12.9. The van der Waals surface area contributed by atoms with Crippen LogP contribution in [0.3, 0.4) is 0 Å². The zero-order chi connectivity index (χ0) is 17.4. The molecule has 0 amide bonds. The van der Waals surface area contributed by atoms with Crippen LogP contribution in [0.4, 0.5) is 0 Å². The first kappa shape index (κ1) is 18.5. The molecule has 0 saturated carbocycles. The molecular formula is C19H14ClNO3S2. The summed E-state index contributed by atoms with van der Waals surface area (Å²) in [5, 5.41) is 12.2. The van der Waals surface area contributed by atoms with Gasteiger partial charge in [0, 0.05) is 22.9 Å². The lowest BCUT2D eigenvalue weighted by Crippen LogP contribution is -3.00. The Kier molecular flexibility index (Phi) is 5.36. The molecule has 0 aliphatic carbocycles. The van der Waals surface area contributed by atoms with Gasteiger partial charge in [0.25, 0.3) is 0 Å². The number of phenolic OH excluding ortho intramolecular Hbond substituents is 1. The zero-order valence-electron chi connectivity index (χ0n) is 13.7. The fourth-order valence-corrected chi connectivity index (χ4v) is 4.85. The third-order valence-electron chi connectivity index (χ3n) is 3.91. The van der Waals surface area contributed by atoms with E-state index in [9.17, 15) is 9.90 Å². The van der Waals surface area contributed by atoms with Gasteiger partial charge in [-0.15, -0.1) is 4.57 Å². The Bertz CT molecular complexity index is 999. The number of thioether (sulfide) groups is 1. The molecule has 0 atom stereocenters. The van der Waals surface area contributed by atoms with Gasteiger partial charge in [-0.2, -0.15) is 0 Å². The molecule has 0 spiro atoms. The van der Waals surface area contributed by atoms with Crippen molar-refractivity contribution in [2.75, 3.05) is 7.11 Å². The first-order chi connectivity index (χ1) is 12.2. The van der Waals surface area contributed by atoms with Crippen LogP contribution in [0, 0.1) is 0 Å². The molecule has 0 bridgehead atoms. The second kappa shape index (κ2) is 7.53. The van der Waals surface area contributed by atoms with Crippen molar-refractivity contribution in [2.45, 2.75) is 4.34 Å². The van der Waals surface area contributed by atoms with Crippen molar-refractivity contribution in [2.24, 2.45) is 0 Å². The summed E-state index contributed by atoms with van der Waals surface area (Å²) < 4.78 is 7.77. The van der Waals surface area contributed by atoms with E-state index in [0.29, 0.717) is 16.2 Å². The lowest BCUT2D eigenvalue weighted by Gasteiger charge is -2.05. The number of allylic oxidation sites excluding steroid dienone is 1. The van der Waals surface area contributed by atoms with Crippen LogP contribution in [0.15, 0.2) is 63.2 Å². The van der Waals surface area contributed by atoms with Crippen LogP contribution in [0.25, 0.3) is 17.3 Å². The second-order valence-corrected chi connectivity index (χ2v) is 7.55. The summed E-state index contributed by atoms with van der Waals surface area (Å²) in [5.74, 6) is 0.342. The number of phenols is 1. The van der Waals surface area contributed by atoms with Crippen LogP contribution in [0.5, 0.6) is 11.5 Å². The fourth-order valence-electron chi connectivity index (χ4n) is 2.68. The summed E-state index contributed by atoms with van der Waals surface area (Å²) in [5.41, 5.74) is 2.45. The summed E-state index contributed by atoms with van der Waals surface area (Å²) in [6.45, 7) is 0. The van der Waals surface area contributed by atoms with E-state index in [-0.39, 0.29) is 24.1 Å². The number of aromatic nitrogens is 1. The standard InChI is InChI=1S/C19H13NO3S2.ClH/c1-23-15-9-5-8-13(17(15)21)10-16-18(22)20-14(11-24-19(20)25-16)12-6-3-2-4-7-12;/h2-11H,1H3;1H. The van der Waals surface area contributed by atoms with Gasteiger partial charge in [0.2, 0.25) is 5.69 Å². The molecule has 132 valence electrons. The predicted molar refractivity (Wildman–Crippen MR) is 99.1 cm³/mol. The number of benzene rings is 2. The molecule has 4 rings (SSSR count). The Balaban J connectivity index is 0.00000196. The number of methoxy groups -OCH3 is 1. The molecular weight excluding hydrogens is 390 g/mol. The minimum atomic E-state index is -0.0812. The lowest BCUT2D eigenvalue weighted by molar-refractivity contribution is -0.588. The number of aromatic hydroxyl groups is 1. The van der Waals surface area contributed by atoms with Crippen LogP contribution >= 0.6 is 23.1 Å². The molecule has 0 radical (unpaired) electrons. The molecule has 1 aliphatic rings. The van der Waals surface area contributed by atoms with E-state index in [2.05, 4.69) is 0 Å². The minimum Gasteiger partial charge on any atom is -1.00 e. The molecule has 7 heteroatoms. The van der Waals surface area contributed by atoms with Gasteiger partial charge in [-0.1, -0.05) is 41.7 Å². The van der Waals surface area contributed by atoms with Crippen molar-refractivity contribution in [3.63, 3.8) is 0 Å². The molecule has 0 fully saturated rings. The smallest absolute Gasteiger partial charge is 0.433 e. The van der Waals surface area contributed by atoms with Crippen LogP contribution in [0.2, 0.25) is 0 Å². The minimum absolute atomic E-state index is 0. The number of hydrogen-bond acceptors (Lipinski definition) is 5. The van der Waals surface area contributed by atoms with Crippen molar-refractivity contribution in [3.05, 3.63) is 64.4 Å². The Morgan fingerprint density at radius 1 is 1.12 bits per heavy atom. The molecule has 3 aromatic rings. The number of carbonyl (C=O) groups is 1. The summed E-state index contributed by atoms with van der Waals surface area (Å²) in [4.78, 5) is 13.5. The maximum Gasteiger partial charge on any atom is 0.433 e. The van der Waals surface area contributed by atoms with Gasteiger partial charge in [-0.25, -0.2) is 4.79 Å². The monoisotopic (exact) mass is 403 g/mol. The van der Waals surface area contributed by atoms with Crippen LogP contribution in [0.1, 0.15) is 10.4 Å². The van der Waals surface area contributed by atoms with Crippen molar-refractivity contribution in [1.29, 1.82) is 0 Å². The van der Waals surface area contributed by atoms with Crippen molar-refractivity contribution >= 4 is 35.1 Å². The Morgan fingerprint density at radius 2 is 1.88 bits per heavy atom. The van der Waals surface area contributed by atoms with E-state index in [1.54, 1.807) is 40.2 Å². The van der Waals surface area contributed by atoms with Gasteiger partial charge in [-0.3, -0.25) is 0 Å². The predicted octanol–water partition coefficient (Wildman–Crippen LogP) is 1.21. The Morgan fingerprint density at radius 3 is 2.62 bits per heavy atom. The SMILES string of the molecule is COc1cccc(C=C2Sc3scc(-c4ccccc4)[n+]3C2=O)c1O.[Cl-]. The first-order valence-corrected chi connectivity index (χ1v) is 9.28. The zero-order valence-corrected chi connectivity index (χ0v) is 16.1. The van der Waals surface area contributed by atoms with Crippen LogP contribution in [-0.4, -0.2) is 18.1 Å². The highest BCUT2D eigenvalue weighted by Crippen LogP contribution is 2.39. The topological polar surface area (TPSA) is 50.4 Å². The highest BCUT2D eigenvalue weighted by atomic mass is 35.5. The summed E-state index contributed by atoms with van der Waals surface area (Å²) >= 11 is 2.96. The average Bonchev–Trinajstić information content (AvgIpc) is 3.18. The highest BCUT2D eigenvalue weighted by molar-refractivity contribution is 8.05. The number of carbonyl (C=O) groups excluding carboxylic acids is 1. The number of nitrogens with zero attached hydrogens (tertiary/aromatic N) is 1. The largest absolute Gasteiger partial charge is 1.00 e. The third kappa shape index (κ3) is 3.11. The number of para-hydroxylation sites is 1. The number of thiazole rings is 1. The number of halogens is 1. The normalized spacial score (nSPS) is 14.2. The van der Waals surface area contributed by atoms with Gasteiger partial charge < -0.3 is 22.3 Å². The first-order valence-electron chi connectivity index (χ1n) is 7.58. The fraction of sp³-hybridized carbons (Fsp3) is 0.0526. The van der Waals surface area contributed by atoms with E-state index < -0.39 is 0 Å². The molecule has 2 aromatic carbocycles. The Hall–Kier alpha value is -2.28. The maximum absolute atomic E-state index is 12.9. The molecule has 26 heavy (non-hydrogen) atoms. The van der Waals surface area contributed by atoms with Gasteiger partial charge in [-0.05, 0) is 24.3 Å². The number of fused-ring (bicyclic) bond motifs is 1. The van der Waals surface area contributed by atoms with Crippen molar-refractivity contribution < 1.29 is 31.6 Å². The average molecular weight is 404 g/mol. The van der Waals surface area contributed by atoms with Crippen molar-refractivity contribution in [1.82, 2.24) is 0 Å². The molecule has 0 unspecified atom stereocenters. The van der Waals surface area contributed by atoms with E-state index in [0.717, 1.165) is 15.6 Å². The van der Waals surface area contributed by atoms with Crippen LogP contribution < -0.4 is 21.7 Å². The summed E-state index contributed by atoms with van der Waals surface area (Å²) in [6.07, 6.45) is 1.71. The second-order valence-electron chi connectivity index (χ2n) is 5.40. The molecule has 1 aliphatic heterocycles. The quantitative estimate of drug-likeness (QED) is 0.527. The number of rotatable bonds is 3. The van der Waals surface area contributed by atoms with Crippen LogP contribution in [-0.2, 0) is 0 Å².